The summed E-state index contributed by atoms with van der Waals surface area (Å²) in [5, 5.41) is 35.3. The van der Waals surface area contributed by atoms with Crippen LogP contribution in [0.5, 0.6) is 0 Å². The van der Waals surface area contributed by atoms with Crippen molar-refractivity contribution in [2.24, 2.45) is 21.8 Å². The van der Waals surface area contributed by atoms with Crippen molar-refractivity contribution in [3.63, 3.8) is 0 Å². The minimum atomic E-state index is -0.936. The average Bonchev–Trinajstić information content (AvgIpc) is 2.69. The van der Waals surface area contributed by atoms with Crippen LogP contribution < -0.4 is 10.0 Å². The van der Waals surface area contributed by atoms with Crippen LogP contribution in [0.3, 0.4) is 0 Å². The number of rotatable bonds is 6. The molecule has 0 amide bonds. The Balaban J connectivity index is 0. The van der Waals surface area contributed by atoms with Crippen molar-refractivity contribution in [1.82, 2.24) is 4.90 Å². The summed E-state index contributed by atoms with van der Waals surface area (Å²) in [5.41, 5.74) is 1.90. The molecule has 2 aliphatic heterocycles. The maximum absolute atomic E-state index is 10.4. The number of aliphatic hydroxyl groups excluding tert-OH is 2. The molecule has 0 fully saturated rings. The molecule has 2 heterocycles. The summed E-state index contributed by atoms with van der Waals surface area (Å²) in [7, 11) is 7.87. The molecule has 188 valence electrons. The average molecular weight is 461 g/mol. The van der Waals surface area contributed by atoms with E-state index in [2.05, 4.69) is 9.98 Å². The lowest BCUT2D eigenvalue weighted by atomic mass is 9.97. The molecule has 10 nitrogen and oxygen atoms in total. The molecule has 0 aromatic rings. The smallest absolute Gasteiger partial charge is 0.306 e. The fraction of sp³-hybridized carbons (Fsp3) is 0.818. The van der Waals surface area contributed by atoms with E-state index in [4.69, 9.17) is 15.3 Å². The molecule has 0 spiro atoms. The highest BCUT2D eigenvalue weighted by Gasteiger charge is 2.20. The van der Waals surface area contributed by atoms with Gasteiger partial charge in [-0.15, -0.1) is 0 Å². The fourth-order valence-electron chi connectivity index (χ4n) is 2.70. The molecule has 2 aliphatic rings. The normalized spacial score (nSPS) is 19.8. The number of aliphatic hydroxyl groups is 2. The number of carboxylic acids is 2. The van der Waals surface area contributed by atoms with Gasteiger partial charge in [-0.25, -0.2) is 0 Å². The number of carboxylic acid groups (broad SMARTS) is 2. The number of aliphatic carboxylic acids is 2. The largest absolute Gasteiger partial charge is 0.550 e. The lowest BCUT2D eigenvalue weighted by Crippen LogP contribution is -3.06. The molecule has 0 radical (unpaired) electrons. The number of likely N-dealkylation sites (N-methyl/N-ethyl adjacent to an activating group) is 2. The van der Waals surface area contributed by atoms with Crippen LogP contribution in [0, 0.1) is 11.8 Å². The van der Waals surface area contributed by atoms with Gasteiger partial charge in [-0.3, -0.25) is 14.8 Å². The van der Waals surface area contributed by atoms with Crippen LogP contribution in [0.15, 0.2) is 9.98 Å². The van der Waals surface area contributed by atoms with Crippen molar-refractivity contribution in [2.45, 2.75) is 39.5 Å². The first kappa shape index (κ1) is 32.3. The number of carbonyl (C=O) groups excluding carboxylic acids is 1. The second kappa shape index (κ2) is 19.8. The number of aliphatic imine (C=N–C) groups is 2. The van der Waals surface area contributed by atoms with Crippen molar-refractivity contribution in [2.75, 3.05) is 67.6 Å². The Bertz CT molecular complexity index is 529. The molecule has 32 heavy (non-hydrogen) atoms. The van der Waals surface area contributed by atoms with Gasteiger partial charge in [0.1, 0.15) is 6.54 Å². The fourth-order valence-corrected chi connectivity index (χ4v) is 2.70. The van der Waals surface area contributed by atoms with Crippen molar-refractivity contribution >= 4 is 23.4 Å². The highest BCUT2D eigenvalue weighted by atomic mass is 16.4. The van der Waals surface area contributed by atoms with Crippen LogP contribution in [-0.2, 0) is 9.59 Å². The summed E-state index contributed by atoms with van der Waals surface area (Å²) < 4.78 is 0. The van der Waals surface area contributed by atoms with E-state index in [0.29, 0.717) is 45.4 Å². The molecule has 0 aromatic heterocycles. The van der Waals surface area contributed by atoms with Crippen molar-refractivity contribution < 1.29 is 34.9 Å². The molecule has 2 rings (SSSR count). The Morgan fingerprint density at radius 3 is 1.66 bits per heavy atom. The number of hydrogen-bond acceptors (Lipinski definition) is 8. The number of nitrogens with one attached hydrogen (secondary N) is 1. The van der Waals surface area contributed by atoms with Gasteiger partial charge in [-0.1, -0.05) is 0 Å². The van der Waals surface area contributed by atoms with Crippen LogP contribution in [-0.4, -0.2) is 111 Å². The Morgan fingerprint density at radius 1 is 1.00 bits per heavy atom. The van der Waals surface area contributed by atoms with E-state index in [9.17, 15) is 14.7 Å². The van der Waals surface area contributed by atoms with Gasteiger partial charge in [0.2, 0.25) is 0 Å². The molecule has 0 saturated heterocycles. The number of hydrogen-bond donors (Lipinski definition) is 4. The van der Waals surface area contributed by atoms with Crippen LogP contribution in [0.4, 0.5) is 0 Å². The van der Waals surface area contributed by atoms with Gasteiger partial charge in [0, 0.05) is 42.9 Å². The second-order valence-electron chi connectivity index (χ2n) is 8.48. The number of nitrogens with zero attached hydrogens (tertiary/aromatic N) is 3. The molecular weight excluding hydrogens is 416 g/mol. The van der Waals surface area contributed by atoms with E-state index >= 15 is 0 Å². The SMILES string of the molecule is CC1=NCCC(C(=O)O)C1.CC1=NCCC(C(=O)[O-])C1.CN(C)CCO.C[NH+](C)CCO. The first-order valence-electron chi connectivity index (χ1n) is 11.0. The third-order valence-electron chi connectivity index (χ3n) is 4.64. The third-order valence-corrected chi connectivity index (χ3v) is 4.64. The van der Waals surface area contributed by atoms with E-state index in [1.54, 1.807) is 0 Å². The van der Waals surface area contributed by atoms with Gasteiger partial charge < -0.3 is 35.0 Å². The van der Waals surface area contributed by atoms with Crippen molar-refractivity contribution in [3.05, 3.63) is 0 Å². The summed E-state index contributed by atoms with van der Waals surface area (Å²) in [4.78, 5) is 32.2. The van der Waals surface area contributed by atoms with E-state index in [1.165, 1.54) is 4.90 Å². The molecule has 4 N–H and O–H groups in total. The van der Waals surface area contributed by atoms with E-state index in [0.717, 1.165) is 24.5 Å². The zero-order valence-corrected chi connectivity index (χ0v) is 20.6. The monoisotopic (exact) mass is 460 g/mol. The zero-order chi connectivity index (χ0) is 25.1. The summed E-state index contributed by atoms with van der Waals surface area (Å²) >= 11 is 0. The first-order valence-corrected chi connectivity index (χ1v) is 11.0. The van der Waals surface area contributed by atoms with E-state index < -0.39 is 11.9 Å². The predicted octanol–water partition coefficient (Wildman–Crippen LogP) is -1.79. The summed E-state index contributed by atoms with van der Waals surface area (Å²) in [6.45, 7) is 7.23. The maximum atomic E-state index is 10.4. The number of carbonyl (C=O) groups is 2. The van der Waals surface area contributed by atoms with E-state index in [1.807, 2.05) is 46.9 Å². The van der Waals surface area contributed by atoms with Gasteiger partial charge >= 0.3 is 5.97 Å². The quantitative estimate of drug-likeness (QED) is 0.366. The third kappa shape index (κ3) is 20.0. The minimum Gasteiger partial charge on any atom is -0.550 e. The van der Waals surface area contributed by atoms with Crippen LogP contribution in [0.2, 0.25) is 0 Å². The van der Waals surface area contributed by atoms with Gasteiger partial charge in [0.15, 0.2) is 0 Å². The van der Waals surface area contributed by atoms with Crippen LogP contribution >= 0.6 is 0 Å². The Kier molecular flexibility index (Phi) is 20.0. The molecule has 10 heteroatoms. The predicted molar refractivity (Wildman–Crippen MR) is 124 cm³/mol. The van der Waals surface area contributed by atoms with Gasteiger partial charge in [-0.05, 0) is 53.6 Å². The van der Waals surface area contributed by atoms with Crippen LogP contribution in [0.25, 0.3) is 0 Å². The Hall–Kier alpha value is -1.88. The van der Waals surface area contributed by atoms with E-state index in [-0.39, 0.29) is 18.4 Å². The molecule has 2 atom stereocenters. The van der Waals surface area contributed by atoms with Crippen LogP contribution in [0.1, 0.15) is 39.5 Å². The topological polar surface area (TPSA) is 150 Å². The molecule has 0 aromatic carbocycles. The lowest BCUT2D eigenvalue weighted by Gasteiger charge is -2.20. The van der Waals surface area contributed by atoms with Gasteiger partial charge in [0.05, 0.1) is 33.2 Å². The molecule has 0 bridgehead atoms. The highest BCUT2D eigenvalue weighted by Crippen LogP contribution is 2.15. The zero-order valence-electron chi connectivity index (χ0n) is 20.6. The molecular formula is C22H44N4O6. The van der Waals surface area contributed by atoms with Gasteiger partial charge in [-0.2, -0.15) is 0 Å². The van der Waals surface area contributed by atoms with Gasteiger partial charge in [0.25, 0.3) is 0 Å². The first-order chi connectivity index (χ1) is 14.9. The minimum absolute atomic E-state index is 0.183. The lowest BCUT2D eigenvalue weighted by molar-refractivity contribution is -0.858. The molecule has 0 saturated carbocycles. The summed E-state index contributed by atoms with van der Waals surface area (Å²) in [6, 6.07) is 0. The number of quaternary nitrogens is 1. The second-order valence-corrected chi connectivity index (χ2v) is 8.48. The standard InChI is InChI=1S/2C7H11NO2.2C4H11NO/c2*1-5-4-6(7(9)10)2-3-8-5;2*1-5(2)3-4-6/h2*6H,2-4H2,1H3,(H,9,10);2*6H,3-4H2,1-2H3. The Morgan fingerprint density at radius 2 is 1.47 bits per heavy atom. The van der Waals surface area contributed by atoms with Crippen molar-refractivity contribution in [3.8, 4) is 0 Å². The summed E-state index contributed by atoms with van der Waals surface area (Å²) in [5.74, 6) is -2.10. The summed E-state index contributed by atoms with van der Waals surface area (Å²) in [6.07, 6.45) is 2.55. The molecule has 2 unspecified atom stereocenters. The highest BCUT2D eigenvalue weighted by molar-refractivity contribution is 5.87. The molecule has 0 aliphatic carbocycles. The van der Waals surface area contributed by atoms with Crippen molar-refractivity contribution in [1.29, 1.82) is 0 Å². The Labute approximate surface area is 192 Å². The maximum Gasteiger partial charge on any atom is 0.306 e.